The molecule has 1 heterocycles. The van der Waals surface area contributed by atoms with Crippen molar-refractivity contribution in [2.24, 2.45) is 0 Å². The van der Waals surface area contributed by atoms with Crippen molar-refractivity contribution in [3.05, 3.63) is 71.6 Å². The fraction of sp³-hybridized carbons (Fsp3) is 0.0588. The Morgan fingerprint density at radius 1 is 0.905 bits per heavy atom. The van der Waals surface area contributed by atoms with Gasteiger partial charge < -0.3 is 5.32 Å². The van der Waals surface area contributed by atoms with Crippen molar-refractivity contribution in [2.75, 3.05) is 5.32 Å². The molecule has 3 rings (SSSR count). The Labute approximate surface area is 128 Å². The van der Waals surface area contributed by atoms with E-state index in [0.717, 1.165) is 22.5 Å². The van der Waals surface area contributed by atoms with Crippen molar-refractivity contribution in [3.8, 4) is 11.1 Å². The number of para-hydroxylation sites is 1. The summed E-state index contributed by atoms with van der Waals surface area (Å²) in [4.78, 5) is 8.28. The second kappa shape index (κ2) is 5.94. The third kappa shape index (κ3) is 3.20. The van der Waals surface area contributed by atoms with Crippen molar-refractivity contribution in [1.82, 2.24) is 9.97 Å². The molecular weight excluding hydrogens is 282 g/mol. The fourth-order valence-corrected chi connectivity index (χ4v) is 2.42. The minimum Gasteiger partial charge on any atom is -0.340 e. The van der Waals surface area contributed by atoms with E-state index in [-0.39, 0.29) is 5.28 Å². The fourth-order valence-electron chi connectivity index (χ4n) is 2.20. The minimum atomic E-state index is 0.245. The molecule has 0 aliphatic rings. The number of nitrogens with zero attached hydrogens (tertiary/aromatic N) is 2. The van der Waals surface area contributed by atoms with Crippen molar-refractivity contribution >= 4 is 23.1 Å². The van der Waals surface area contributed by atoms with Gasteiger partial charge in [-0.1, -0.05) is 48.5 Å². The van der Waals surface area contributed by atoms with Crippen LogP contribution in [0, 0.1) is 6.92 Å². The van der Waals surface area contributed by atoms with Gasteiger partial charge in [-0.05, 0) is 30.2 Å². The van der Waals surface area contributed by atoms with Crippen LogP contribution >= 0.6 is 11.6 Å². The van der Waals surface area contributed by atoms with Gasteiger partial charge in [-0.15, -0.1) is 0 Å². The van der Waals surface area contributed by atoms with Crippen LogP contribution in [0.25, 0.3) is 11.1 Å². The van der Waals surface area contributed by atoms with Gasteiger partial charge >= 0.3 is 0 Å². The van der Waals surface area contributed by atoms with Crippen LogP contribution in [0.3, 0.4) is 0 Å². The molecule has 4 heteroatoms. The van der Waals surface area contributed by atoms with E-state index in [0.29, 0.717) is 5.82 Å². The molecule has 0 unspecified atom stereocenters. The first-order valence-electron chi connectivity index (χ1n) is 6.65. The summed E-state index contributed by atoms with van der Waals surface area (Å²) in [6, 6.07) is 20.2. The molecule has 0 bridgehead atoms. The van der Waals surface area contributed by atoms with E-state index >= 15 is 0 Å². The van der Waals surface area contributed by atoms with Gasteiger partial charge in [-0.25, -0.2) is 9.97 Å². The zero-order valence-corrected chi connectivity index (χ0v) is 12.3. The topological polar surface area (TPSA) is 37.8 Å². The molecule has 1 N–H and O–H groups in total. The summed E-state index contributed by atoms with van der Waals surface area (Å²) in [7, 11) is 0. The maximum atomic E-state index is 5.91. The van der Waals surface area contributed by atoms with E-state index in [1.807, 2.05) is 49.4 Å². The zero-order chi connectivity index (χ0) is 14.7. The highest BCUT2D eigenvalue weighted by atomic mass is 35.5. The van der Waals surface area contributed by atoms with Crippen molar-refractivity contribution in [1.29, 1.82) is 0 Å². The standard InChI is InChI=1S/C17H14ClN3/c1-12-11-16(21-17(18)19-12)20-15-10-6-5-9-14(15)13-7-3-2-4-8-13/h2-11H,1H3,(H,19,20,21). The molecule has 0 atom stereocenters. The molecule has 1 aromatic heterocycles. The van der Waals surface area contributed by atoms with Crippen molar-refractivity contribution in [3.63, 3.8) is 0 Å². The van der Waals surface area contributed by atoms with E-state index in [1.165, 1.54) is 0 Å². The highest BCUT2D eigenvalue weighted by molar-refractivity contribution is 6.28. The zero-order valence-electron chi connectivity index (χ0n) is 11.5. The summed E-state index contributed by atoms with van der Waals surface area (Å²) in [5, 5.41) is 3.56. The normalized spacial score (nSPS) is 10.4. The summed E-state index contributed by atoms with van der Waals surface area (Å²) in [6.07, 6.45) is 0. The van der Waals surface area contributed by atoms with Crippen LogP contribution in [0.15, 0.2) is 60.7 Å². The smallest absolute Gasteiger partial charge is 0.224 e. The Hall–Kier alpha value is -2.39. The third-order valence-corrected chi connectivity index (χ3v) is 3.27. The summed E-state index contributed by atoms with van der Waals surface area (Å²) in [5.41, 5.74) is 4.08. The summed E-state index contributed by atoms with van der Waals surface area (Å²) < 4.78 is 0. The first kappa shape index (κ1) is 13.6. The van der Waals surface area contributed by atoms with E-state index < -0.39 is 0 Å². The van der Waals surface area contributed by atoms with E-state index in [4.69, 9.17) is 11.6 Å². The molecule has 0 saturated carbocycles. The van der Waals surface area contributed by atoms with Gasteiger partial charge in [0.2, 0.25) is 5.28 Å². The Kier molecular flexibility index (Phi) is 3.84. The summed E-state index contributed by atoms with van der Waals surface area (Å²) in [6.45, 7) is 1.89. The largest absolute Gasteiger partial charge is 0.340 e. The predicted molar refractivity (Wildman–Crippen MR) is 86.9 cm³/mol. The summed E-state index contributed by atoms with van der Waals surface area (Å²) >= 11 is 5.91. The Morgan fingerprint density at radius 3 is 2.38 bits per heavy atom. The lowest BCUT2D eigenvalue weighted by atomic mass is 10.0. The molecule has 0 spiro atoms. The lowest BCUT2D eigenvalue weighted by Crippen LogP contribution is -1.98. The van der Waals surface area contributed by atoms with Crippen LogP contribution in [-0.4, -0.2) is 9.97 Å². The molecule has 0 radical (unpaired) electrons. The second-order valence-corrected chi connectivity index (χ2v) is 5.04. The van der Waals surface area contributed by atoms with Gasteiger partial charge in [0.25, 0.3) is 0 Å². The molecule has 2 aromatic carbocycles. The monoisotopic (exact) mass is 295 g/mol. The van der Waals surface area contributed by atoms with Crippen LogP contribution < -0.4 is 5.32 Å². The first-order valence-corrected chi connectivity index (χ1v) is 7.03. The van der Waals surface area contributed by atoms with Crippen LogP contribution in [0.5, 0.6) is 0 Å². The van der Waals surface area contributed by atoms with Crippen LogP contribution in [0.2, 0.25) is 5.28 Å². The highest BCUT2D eigenvalue weighted by Gasteiger charge is 2.06. The lowest BCUT2D eigenvalue weighted by molar-refractivity contribution is 1.10. The maximum Gasteiger partial charge on any atom is 0.224 e. The maximum absolute atomic E-state index is 5.91. The molecule has 21 heavy (non-hydrogen) atoms. The van der Waals surface area contributed by atoms with E-state index in [1.54, 1.807) is 0 Å². The van der Waals surface area contributed by atoms with E-state index in [9.17, 15) is 0 Å². The van der Waals surface area contributed by atoms with Crippen LogP contribution in [-0.2, 0) is 0 Å². The van der Waals surface area contributed by atoms with Gasteiger partial charge in [0, 0.05) is 23.0 Å². The van der Waals surface area contributed by atoms with Crippen molar-refractivity contribution < 1.29 is 0 Å². The Bertz CT molecular complexity index is 737. The molecule has 0 fully saturated rings. The number of aryl methyl sites for hydroxylation is 1. The minimum absolute atomic E-state index is 0.245. The third-order valence-electron chi connectivity index (χ3n) is 3.10. The number of anilines is 2. The SMILES string of the molecule is Cc1cc(Nc2ccccc2-c2ccccc2)nc(Cl)n1. The molecule has 104 valence electrons. The van der Waals surface area contributed by atoms with Crippen LogP contribution in [0.4, 0.5) is 11.5 Å². The average molecular weight is 296 g/mol. The molecule has 0 aliphatic carbocycles. The van der Waals surface area contributed by atoms with Crippen LogP contribution in [0.1, 0.15) is 5.69 Å². The highest BCUT2D eigenvalue weighted by Crippen LogP contribution is 2.29. The predicted octanol–water partition coefficient (Wildman–Crippen LogP) is 4.85. The Balaban J connectivity index is 2.00. The number of rotatable bonds is 3. The number of benzene rings is 2. The number of halogens is 1. The van der Waals surface area contributed by atoms with Gasteiger partial charge in [0.05, 0.1) is 0 Å². The molecule has 3 nitrogen and oxygen atoms in total. The van der Waals surface area contributed by atoms with E-state index in [2.05, 4.69) is 33.5 Å². The number of hydrogen-bond acceptors (Lipinski definition) is 3. The molecule has 3 aromatic rings. The number of hydrogen-bond donors (Lipinski definition) is 1. The van der Waals surface area contributed by atoms with Gasteiger partial charge in [0.1, 0.15) is 5.82 Å². The molecule has 0 aliphatic heterocycles. The van der Waals surface area contributed by atoms with Gasteiger partial charge in [-0.3, -0.25) is 0 Å². The number of nitrogens with one attached hydrogen (secondary N) is 1. The van der Waals surface area contributed by atoms with Gasteiger partial charge in [-0.2, -0.15) is 0 Å². The molecular formula is C17H14ClN3. The van der Waals surface area contributed by atoms with Gasteiger partial charge in [0.15, 0.2) is 0 Å². The molecule has 0 saturated heterocycles. The first-order chi connectivity index (χ1) is 10.2. The lowest BCUT2D eigenvalue weighted by Gasteiger charge is -2.12. The molecule has 0 amide bonds. The quantitative estimate of drug-likeness (QED) is 0.702. The van der Waals surface area contributed by atoms with Crippen molar-refractivity contribution in [2.45, 2.75) is 6.92 Å². The second-order valence-electron chi connectivity index (χ2n) is 4.70. The summed E-state index contributed by atoms with van der Waals surface area (Å²) in [5.74, 6) is 0.691. The average Bonchev–Trinajstić information content (AvgIpc) is 2.48. The Morgan fingerprint density at radius 2 is 1.62 bits per heavy atom. The number of aromatic nitrogens is 2.